The van der Waals surface area contributed by atoms with Gasteiger partial charge in [-0.15, -0.1) is 10.2 Å². The first kappa shape index (κ1) is 17.1. The van der Waals surface area contributed by atoms with Crippen molar-refractivity contribution in [3.05, 3.63) is 66.1 Å². The molecule has 1 aromatic carbocycles. The second-order valence-electron chi connectivity index (χ2n) is 6.72. The third kappa shape index (κ3) is 4.44. The lowest BCUT2D eigenvalue weighted by Crippen LogP contribution is -2.31. The molecule has 0 radical (unpaired) electrons. The molecule has 0 spiro atoms. The van der Waals surface area contributed by atoms with Gasteiger partial charge < -0.3 is 5.32 Å². The third-order valence-corrected chi connectivity index (χ3v) is 4.18. The van der Waals surface area contributed by atoms with Gasteiger partial charge in [0.2, 0.25) is 5.91 Å². The van der Waals surface area contributed by atoms with E-state index in [0.717, 1.165) is 24.3 Å². The first-order valence-corrected chi connectivity index (χ1v) is 8.76. The lowest BCUT2D eigenvalue weighted by atomic mass is 10.0. The molecule has 5 heteroatoms. The van der Waals surface area contributed by atoms with Gasteiger partial charge in [-0.3, -0.25) is 9.20 Å². The van der Waals surface area contributed by atoms with Gasteiger partial charge in [-0.05, 0) is 36.5 Å². The largest absolute Gasteiger partial charge is 0.346 e. The van der Waals surface area contributed by atoms with Crippen molar-refractivity contribution in [1.82, 2.24) is 19.9 Å². The molecule has 2 heterocycles. The summed E-state index contributed by atoms with van der Waals surface area (Å²) in [5.41, 5.74) is 1.97. The van der Waals surface area contributed by atoms with Crippen LogP contribution in [0.5, 0.6) is 0 Å². The van der Waals surface area contributed by atoms with E-state index in [1.54, 1.807) is 0 Å². The Labute approximate surface area is 148 Å². The average molecular weight is 336 g/mol. The fourth-order valence-corrected chi connectivity index (χ4v) is 2.97. The minimum Gasteiger partial charge on any atom is -0.346 e. The number of carbonyl (C=O) groups excluding carboxylic acids is 1. The number of aromatic nitrogens is 3. The van der Waals surface area contributed by atoms with Gasteiger partial charge in [-0.1, -0.05) is 50.2 Å². The highest BCUT2D eigenvalue weighted by Gasteiger charge is 2.21. The first-order chi connectivity index (χ1) is 12.1. The number of rotatable bonds is 7. The fraction of sp³-hybridized carbons (Fsp3) is 0.350. The number of amides is 1. The summed E-state index contributed by atoms with van der Waals surface area (Å²) in [6.07, 6.45) is 3.97. The summed E-state index contributed by atoms with van der Waals surface area (Å²) in [6, 6.07) is 15.7. The van der Waals surface area contributed by atoms with Crippen molar-refractivity contribution in [3.63, 3.8) is 0 Å². The van der Waals surface area contributed by atoms with Gasteiger partial charge in [0.15, 0.2) is 11.5 Å². The molecule has 3 aromatic rings. The van der Waals surface area contributed by atoms with E-state index in [1.807, 2.05) is 59.1 Å². The summed E-state index contributed by atoms with van der Waals surface area (Å²) in [4.78, 5) is 12.5. The van der Waals surface area contributed by atoms with Crippen LogP contribution >= 0.6 is 0 Å². The Hall–Kier alpha value is -2.69. The van der Waals surface area contributed by atoms with Crippen LogP contribution < -0.4 is 5.32 Å². The van der Waals surface area contributed by atoms with Gasteiger partial charge in [0.1, 0.15) is 0 Å². The van der Waals surface area contributed by atoms with Crippen molar-refractivity contribution in [3.8, 4) is 0 Å². The molecule has 1 N–H and O–H groups in total. The third-order valence-electron chi connectivity index (χ3n) is 4.18. The molecule has 25 heavy (non-hydrogen) atoms. The minimum atomic E-state index is -0.138. The van der Waals surface area contributed by atoms with Crippen LogP contribution in [-0.2, 0) is 11.2 Å². The lowest BCUT2D eigenvalue weighted by molar-refractivity contribution is -0.122. The van der Waals surface area contributed by atoms with Crippen molar-refractivity contribution in [2.45, 2.75) is 39.2 Å². The van der Waals surface area contributed by atoms with E-state index in [1.165, 1.54) is 5.56 Å². The Bertz CT molecular complexity index is 826. The van der Waals surface area contributed by atoms with Crippen molar-refractivity contribution in [2.75, 3.05) is 0 Å². The number of pyridine rings is 1. The standard InChI is InChI=1S/C20H24N4O/c1-15(2)14-17(20-23-22-18-10-6-7-13-24(18)20)21-19(25)12-11-16-8-4-3-5-9-16/h3-10,13,15,17H,11-12,14H2,1-2H3,(H,21,25)/t17-/m0/s1. The van der Waals surface area contributed by atoms with Crippen molar-refractivity contribution in [1.29, 1.82) is 0 Å². The Kier molecular flexibility index (Phi) is 5.43. The highest BCUT2D eigenvalue weighted by Crippen LogP contribution is 2.21. The molecule has 0 aliphatic carbocycles. The molecular formula is C20H24N4O. The van der Waals surface area contributed by atoms with E-state index in [0.29, 0.717) is 12.3 Å². The zero-order chi connectivity index (χ0) is 17.6. The van der Waals surface area contributed by atoms with Gasteiger partial charge in [0, 0.05) is 12.6 Å². The molecule has 0 unspecified atom stereocenters. The summed E-state index contributed by atoms with van der Waals surface area (Å²) in [6.45, 7) is 4.29. The van der Waals surface area contributed by atoms with Gasteiger partial charge >= 0.3 is 0 Å². The highest BCUT2D eigenvalue weighted by molar-refractivity contribution is 5.76. The normalized spacial score (nSPS) is 12.4. The molecule has 5 nitrogen and oxygen atoms in total. The maximum Gasteiger partial charge on any atom is 0.220 e. The van der Waals surface area contributed by atoms with E-state index in [-0.39, 0.29) is 11.9 Å². The van der Waals surface area contributed by atoms with Crippen LogP contribution in [0.1, 0.15) is 44.1 Å². The monoisotopic (exact) mass is 336 g/mol. The van der Waals surface area contributed by atoms with Gasteiger partial charge in [0.25, 0.3) is 0 Å². The lowest BCUT2D eigenvalue weighted by Gasteiger charge is -2.19. The number of nitrogens with one attached hydrogen (secondary N) is 1. The van der Waals surface area contributed by atoms with E-state index < -0.39 is 0 Å². The number of fused-ring (bicyclic) bond motifs is 1. The summed E-state index contributed by atoms with van der Waals surface area (Å²) < 4.78 is 1.95. The smallest absolute Gasteiger partial charge is 0.220 e. The number of nitrogens with zero attached hydrogens (tertiary/aromatic N) is 3. The molecule has 1 atom stereocenters. The zero-order valence-corrected chi connectivity index (χ0v) is 14.7. The summed E-state index contributed by atoms with van der Waals surface area (Å²) in [5.74, 6) is 1.27. The van der Waals surface area contributed by atoms with Gasteiger partial charge in [-0.2, -0.15) is 0 Å². The predicted octanol–water partition coefficient (Wildman–Crippen LogP) is 3.57. The predicted molar refractivity (Wildman–Crippen MR) is 98.1 cm³/mol. The fourth-order valence-electron chi connectivity index (χ4n) is 2.97. The molecule has 3 rings (SSSR count). The quantitative estimate of drug-likeness (QED) is 0.717. The van der Waals surface area contributed by atoms with Crippen LogP contribution in [0, 0.1) is 5.92 Å². The van der Waals surface area contributed by atoms with E-state index in [2.05, 4.69) is 29.4 Å². The zero-order valence-electron chi connectivity index (χ0n) is 14.7. The van der Waals surface area contributed by atoms with Crippen LogP contribution in [0.4, 0.5) is 0 Å². The molecule has 130 valence electrons. The van der Waals surface area contributed by atoms with Crippen molar-refractivity contribution >= 4 is 11.6 Å². The van der Waals surface area contributed by atoms with Crippen molar-refractivity contribution in [2.24, 2.45) is 5.92 Å². The second-order valence-corrected chi connectivity index (χ2v) is 6.72. The molecule has 0 saturated carbocycles. The summed E-state index contributed by atoms with van der Waals surface area (Å²) in [7, 11) is 0. The molecule has 2 aromatic heterocycles. The Morgan fingerprint density at radius 1 is 1.08 bits per heavy atom. The maximum absolute atomic E-state index is 12.5. The Morgan fingerprint density at radius 2 is 1.84 bits per heavy atom. The average Bonchev–Trinajstić information content (AvgIpc) is 3.04. The molecule has 0 fully saturated rings. The first-order valence-electron chi connectivity index (χ1n) is 8.76. The Balaban J connectivity index is 1.71. The molecule has 0 saturated heterocycles. The van der Waals surface area contributed by atoms with Crippen LogP contribution in [0.25, 0.3) is 5.65 Å². The number of hydrogen-bond donors (Lipinski definition) is 1. The second kappa shape index (κ2) is 7.92. The van der Waals surface area contributed by atoms with E-state index in [9.17, 15) is 4.79 Å². The molecular weight excluding hydrogens is 312 g/mol. The van der Waals surface area contributed by atoms with E-state index in [4.69, 9.17) is 0 Å². The summed E-state index contributed by atoms with van der Waals surface area (Å²) in [5, 5.41) is 11.7. The topological polar surface area (TPSA) is 59.3 Å². The minimum absolute atomic E-state index is 0.0437. The number of hydrogen-bond acceptors (Lipinski definition) is 3. The van der Waals surface area contributed by atoms with Crippen molar-refractivity contribution < 1.29 is 4.79 Å². The summed E-state index contributed by atoms with van der Waals surface area (Å²) >= 11 is 0. The Morgan fingerprint density at radius 3 is 2.60 bits per heavy atom. The van der Waals surface area contributed by atoms with Gasteiger partial charge in [0.05, 0.1) is 6.04 Å². The number of benzene rings is 1. The molecule has 1 amide bonds. The van der Waals surface area contributed by atoms with Crippen LogP contribution in [0.2, 0.25) is 0 Å². The van der Waals surface area contributed by atoms with E-state index >= 15 is 0 Å². The molecule has 0 aliphatic heterocycles. The van der Waals surface area contributed by atoms with Crippen LogP contribution in [0.3, 0.4) is 0 Å². The number of carbonyl (C=O) groups is 1. The van der Waals surface area contributed by atoms with Crippen LogP contribution in [0.15, 0.2) is 54.7 Å². The number of aryl methyl sites for hydroxylation is 1. The van der Waals surface area contributed by atoms with Crippen LogP contribution in [-0.4, -0.2) is 20.5 Å². The van der Waals surface area contributed by atoms with Gasteiger partial charge in [-0.25, -0.2) is 0 Å². The highest BCUT2D eigenvalue weighted by atomic mass is 16.1. The SMILES string of the molecule is CC(C)C[C@H](NC(=O)CCc1ccccc1)c1nnc2ccccn12. The maximum atomic E-state index is 12.5. The molecule has 0 aliphatic rings. The molecule has 0 bridgehead atoms.